The van der Waals surface area contributed by atoms with Gasteiger partial charge in [0.1, 0.15) is 0 Å². The third kappa shape index (κ3) is 5.49. The van der Waals surface area contributed by atoms with Crippen LogP contribution in [0.5, 0.6) is 0 Å². The van der Waals surface area contributed by atoms with Crippen molar-refractivity contribution in [3.05, 3.63) is 35.9 Å². The summed E-state index contributed by atoms with van der Waals surface area (Å²) >= 11 is 0. The Morgan fingerprint density at radius 1 is 1.10 bits per heavy atom. The molecular weight excluding hydrogens is 264 g/mol. The van der Waals surface area contributed by atoms with E-state index in [1.807, 2.05) is 0 Å². The number of hydrogen-bond donors (Lipinski definition) is 4. The smallest absolute Gasteiger partial charge is 0.332 e. The van der Waals surface area contributed by atoms with Gasteiger partial charge >= 0.3 is 5.97 Å². The van der Waals surface area contributed by atoms with Gasteiger partial charge in [-0.1, -0.05) is 18.2 Å². The number of carbonyl (C=O) groups is 3. The fourth-order valence-electron chi connectivity index (χ4n) is 1.39. The summed E-state index contributed by atoms with van der Waals surface area (Å²) in [5.74, 6) is -2.16. The highest BCUT2D eigenvalue weighted by atomic mass is 16.4. The van der Waals surface area contributed by atoms with Crippen LogP contribution >= 0.6 is 0 Å². The maximum Gasteiger partial charge on any atom is 0.332 e. The Labute approximate surface area is 115 Å². The van der Waals surface area contributed by atoms with Crippen LogP contribution < -0.4 is 10.6 Å². The first-order valence-corrected chi connectivity index (χ1v) is 6.01. The molecule has 0 unspecified atom stereocenters. The molecule has 0 fully saturated rings. The fourth-order valence-corrected chi connectivity index (χ4v) is 1.39. The maximum absolute atomic E-state index is 11.6. The lowest BCUT2D eigenvalue weighted by molar-refractivity contribution is -0.147. The lowest BCUT2D eigenvalue weighted by atomic mass is 10.2. The number of carbonyl (C=O) groups excluding carboxylic acids is 2. The van der Waals surface area contributed by atoms with E-state index in [0.717, 1.165) is 0 Å². The van der Waals surface area contributed by atoms with E-state index in [1.165, 1.54) is 0 Å². The van der Waals surface area contributed by atoms with Crippen molar-refractivity contribution in [2.45, 2.75) is 12.5 Å². The first-order chi connectivity index (χ1) is 9.50. The van der Waals surface area contributed by atoms with Crippen molar-refractivity contribution in [1.29, 1.82) is 0 Å². The van der Waals surface area contributed by atoms with Crippen LogP contribution in [0, 0.1) is 0 Å². The summed E-state index contributed by atoms with van der Waals surface area (Å²) in [6, 6.07) is 8.44. The van der Waals surface area contributed by atoms with E-state index in [9.17, 15) is 14.4 Å². The number of benzene rings is 1. The molecule has 0 aliphatic carbocycles. The van der Waals surface area contributed by atoms with Gasteiger partial charge in [-0.3, -0.25) is 9.59 Å². The van der Waals surface area contributed by atoms with Gasteiger partial charge < -0.3 is 20.8 Å². The van der Waals surface area contributed by atoms with E-state index < -0.39 is 18.0 Å². The molecule has 1 aromatic rings. The van der Waals surface area contributed by atoms with Gasteiger partial charge in [0.05, 0.1) is 6.54 Å². The standard InChI is InChI=1S/C13H16N2O5/c16-10(13(19)20)6-7-14-11(17)8-15-12(18)9-4-2-1-3-5-9/h1-5,10,16H,6-8H2,(H,14,17)(H,15,18)(H,19,20)/t10-/m0/s1. The average molecular weight is 280 g/mol. The van der Waals surface area contributed by atoms with Crippen molar-refractivity contribution in [1.82, 2.24) is 10.6 Å². The summed E-state index contributed by atoms with van der Waals surface area (Å²) in [5, 5.41) is 22.2. The van der Waals surface area contributed by atoms with Gasteiger partial charge in [0, 0.05) is 18.5 Å². The van der Waals surface area contributed by atoms with Crippen LogP contribution in [0.2, 0.25) is 0 Å². The molecule has 1 aromatic carbocycles. The van der Waals surface area contributed by atoms with Crippen LogP contribution in [0.3, 0.4) is 0 Å². The summed E-state index contributed by atoms with van der Waals surface area (Å²) in [6.07, 6.45) is -1.59. The van der Waals surface area contributed by atoms with Crippen molar-refractivity contribution in [2.24, 2.45) is 0 Å². The van der Waals surface area contributed by atoms with Gasteiger partial charge in [0.2, 0.25) is 5.91 Å². The summed E-state index contributed by atoms with van der Waals surface area (Å²) in [7, 11) is 0. The molecule has 0 aliphatic rings. The Kier molecular flexibility index (Phi) is 6.18. The van der Waals surface area contributed by atoms with Crippen LogP contribution in [0.4, 0.5) is 0 Å². The molecule has 0 heterocycles. The number of aliphatic carboxylic acids is 1. The Hall–Kier alpha value is -2.41. The second-order valence-electron chi connectivity index (χ2n) is 4.04. The molecule has 4 N–H and O–H groups in total. The lowest BCUT2D eigenvalue weighted by Crippen LogP contribution is -2.38. The molecular formula is C13H16N2O5. The molecule has 7 nitrogen and oxygen atoms in total. The van der Waals surface area contributed by atoms with Gasteiger partial charge in [-0.15, -0.1) is 0 Å². The van der Waals surface area contributed by atoms with Crippen LogP contribution in [0.25, 0.3) is 0 Å². The summed E-state index contributed by atoms with van der Waals surface area (Å²) < 4.78 is 0. The average Bonchev–Trinajstić information content (AvgIpc) is 2.45. The number of rotatable bonds is 7. The van der Waals surface area contributed by atoms with Gasteiger partial charge in [-0.25, -0.2) is 4.79 Å². The highest BCUT2D eigenvalue weighted by Crippen LogP contribution is 1.97. The Morgan fingerprint density at radius 3 is 2.35 bits per heavy atom. The zero-order valence-electron chi connectivity index (χ0n) is 10.7. The van der Waals surface area contributed by atoms with Crippen molar-refractivity contribution < 1.29 is 24.6 Å². The largest absolute Gasteiger partial charge is 0.479 e. The minimum atomic E-state index is -1.51. The Bertz CT molecular complexity index is 475. The molecule has 0 aliphatic heterocycles. The fraction of sp³-hybridized carbons (Fsp3) is 0.308. The zero-order valence-corrected chi connectivity index (χ0v) is 10.7. The van der Waals surface area contributed by atoms with E-state index in [-0.39, 0.29) is 25.4 Å². The van der Waals surface area contributed by atoms with Gasteiger partial charge in [0.15, 0.2) is 6.10 Å². The predicted molar refractivity (Wildman–Crippen MR) is 70.0 cm³/mol. The first kappa shape index (κ1) is 15.6. The first-order valence-electron chi connectivity index (χ1n) is 6.01. The van der Waals surface area contributed by atoms with E-state index in [1.54, 1.807) is 30.3 Å². The SMILES string of the molecule is O=C(CNC(=O)c1ccccc1)NCC[C@H](O)C(=O)O. The van der Waals surface area contributed by atoms with Crippen molar-refractivity contribution in [2.75, 3.05) is 13.1 Å². The molecule has 1 atom stereocenters. The van der Waals surface area contributed by atoms with Gasteiger partial charge in [-0.2, -0.15) is 0 Å². The minimum absolute atomic E-state index is 0.0213. The third-order valence-electron chi connectivity index (χ3n) is 2.47. The molecule has 0 spiro atoms. The number of hydrogen-bond acceptors (Lipinski definition) is 4. The molecule has 0 bridgehead atoms. The normalized spacial score (nSPS) is 11.4. The number of amides is 2. The van der Waals surface area contributed by atoms with E-state index in [0.29, 0.717) is 5.56 Å². The minimum Gasteiger partial charge on any atom is -0.479 e. The Morgan fingerprint density at radius 2 is 1.75 bits per heavy atom. The molecule has 0 saturated heterocycles. The lowest BCUT2D eigenvalue weighted by Gasteiger charge is -2.08. The number of aliphatic hydroxyl groups is 1. The quantitative estimate of drug-likeness (QED) is 0.530. The second kappa shape index (κ2) is 7.90. The van der Waals surface area contributed by atoms with Crippen molar-refractivity contribution >= 4 is 17.8 Å². The van der Waals surface area contributed by atoms with Crippen LogP contribution in [-0.4, -0.2) is 47.2 Å². The molecule has 0 radical (unpaired) electrons. The van der Waals surface area contributed by atoms with Crippen molar-refractivity contribution in [3.63, 3.8) is 0 Å². The summed E-state index contributed by atoms with van der Waals surface area (Å²) in [5.41, 5.74) is 0.446. The van der Waals surface area contributed by atoms with E-state index >= 15 is 0 Å². The summed E-state index contributed by atoms with van der Waals surface area (Å²) in [6.45, 7) is -0.190. The number of nitrogens with one attached hydrogen (secondary N) is 2. The summed E-state index contributed by atoms with van der Waals surface area (Å²) in [4.78, 5) is 33.3. The highest BCUT2D eigenvalue weighted by molar-refractivity contribution is 5.96. The number of carboxylic acid groups (broad SMARTS) is 1. The molecule has 108 valence electrons. The van der Waals surface area contributed by atoms with Crippen LogP contribution in [0.1, 0.15) is 16.8 Å². The molecule has 20 heavy (non-hydrogen) atoms. The maximum atomic E-state index is 11.6. The third-order valence-corrected chi connectivity index (χ3v) is 2.47. The van der Waals surface area contributed by atoms with E-state index in [4.69, 9.17) is 10.2 Å². The second-order valence-corrected chi connectivity index (χ2v) is 4.04. The van der Waals surface area contributed by atoms with Gasteiger partial charge in [0.25, 0.3) is 5.91 Å². The van der Waals surface area contributed by atoms with Crippen LogP contribution in [-0.2, 0) is 9.59 Å². The topological polar surface area (TPSA) is 116 Å². The monoisotopic (exact) mass is 280 g/mol. The highest BCUT2D eigenvalue weighted by Gasteiger charge is 2.13. The molecule has 2 amide bonds. The van der Waals surface area contributed by atoms with Crippen molar-refractivity contribution in [3.8, 4) is 0 Å². The molecule has 7 heteroatoms. The molecule has 0 aromatic heterocycles. The zero-order chi connectivity index (χ0) is 15.0. The number of carboxylic acids is 1. The Balaban J connectivity index is 2.23. The molecule has 0 saturated carbocycles. The molecule has 1 rings (SSSR count). The van der Waals surface area contributed by atoms with Gasteiger partial charge in [-0.05, 0) is 12.1 Å². The van der Waals surface area contributed by atoms with E-state index in [2.05, 4.69) is 10.6 Å². The number of aliphatic hydroxyl groups excluding tert-OH is 1. The predicted octanol–water partition coefficient (Wildman–Crippen LogP) is -0.632. The van der Waals surface area contributed by atoms with Crippen LogP contribution in [0.15, 0.2) is 30.3 Å².